The van der Waals surface area contributed by atoms with Gasteiger partial charge in [-0.1, -0.05) is 12.1 Å². The van der Waals surface area contributed by atoms with Crippen LogP contribution in [0, 0.1) is 0 Å². The standard InChI is InChI=1S/C31H37N7O2/c39-25-7-5-24(6-8-25)38-29-28(19-33-31(35-29)34-22-2-1-3-22)26-9-4-21(18-27(26)30(38)40)20-36-14-16-37(17-15-36)23-10-12-32-13-11-23/h4,9-13,18-19,22,24-25,39H,1-3,5-8,14-17,20H2,(H,33,34,35)/t24-,25-. The number of aromatic nitrogens is 4. The second-order valence-corrected chi connectivity index (χ2v) is 11.7. The van der Waals surface area contributed by atoms with Crippen molar-refractivity contribution in [2.24, 2.45) is 0 Å². The Bertz CT molecular complexity index is 1550. The molecule has 3 fully saturated rings. The van der Waals surface area contributed by atoms with Gasteiger partial charge >= 0.3 is 0 Å². The van der Waals surface area contributed by atoms with Crippen LogP contribution in [0.3, 0.4) is 0 Å². The van der Waals surface area contributed by atoms with Gasteiger partial charge in [0.05, 0.1) is 6.10 Å². The fourth-order valence-electron chi connectivity index (χ4n) is 6.51. The van der Waals surface area contributed by atoms with Crippen LogP contribution in [0.1, 0.15) is 56.6 Å². The summed E-state index contributed by atoms with van der Waals surface area (Å²) < 4.78 is 1.91. The number of benzene rings is 1. The fraction of sp³-hybridized carbons (Fsp3) is 0.484. The molecule has 1 aromatic carbocycles. The molecule has 0 amide bonds. The van der Waals surface area contributed by atoms with Crippen molar-refractivity contribution in [2.45, 2.75) is 69.7 Å². The molecule has 9 nitrogen and oxygen atoms in total. The molecule has 9 heteroatoms. The maximum Gasteiger partial charge on any atom is 0.260 e. The van der Waals surface area contributed by atoms with E-state index in [2.05, 4.69) is 55.4 Å². The lowest BCUT2D eigenvalue weighted by molar-refractivity contribution is 0.111. The first kappa shape index (κ1) is 25.4. The highest BCUT2D eigenvalue weighted by molar-refractivity contribution is 6.04. The summed E-state index contributed by atoms with van der Waals surface area (Å²) in [6.45, 7) is 4.69. The largest absolute Gasteiger partial charge is 0.393 e. The summed E-state index contributed by atoms with van der Waals surface area (Å²) in [6.07, 6.45) is 11.8. The third-order valence-corrected chi connectivity index (χ3v) is 9.10. The molecule has 40 heavy (non-hydrogen) atoms. The zero-order valence-electron chi connectivity index (χ0n) is 22.9. The molecule has 1 saturated heterocycles. The van der Waals surface area contributed by atoms with Crippen LogP contribution in [0.15, 0.2) is 53.7 Å². The molecule has 2 saturated carbocycles. The van der Waals surface area contributed by atoms with Gasteiger partial charge in [-0.3, -0.25) is 19.2 Å². The van der Waals surface area contributed by atoms with Gasteiger partial charge in [0, 0.05) is 79.9 Å². The van der Waals surface area contributed by atoms with Crippen LogP contribution in [-0.4, -0.2) is 67.9 Å². The third kappa shape index (κ3) is 4.92. The highest BCUT2D eigenvalue weighted by Crippen LogP contribution is 2.33. The number of rotatable bonds is 6. The van der Waals surface area contributed by atoms with Gasteiger partial charge < -0.3 is 15.3 Å². The van der Waals surface area contributed by atoms with Crippen LogP contribution in [-0.2, 0) is 6.54 Å². The summed E-state index contributed by atoms with van der Waals surface area (Å²) >= 11 is 0. The Morgan fingerprint density at radius 2 is 1.68 bits per heavy atom. The van der Waals surface area contributed by atoms with Gasteiger partial charge in [0.2, 0.25) is 5.95 Å². The molecule has 3 aromatic heterocycles. The maximum atomic E-state index is 14.2. The van der Waals surface area contributed by atoms with Gasteiger partial charge in [-0.05, 0) is 74.1 Å². The molecule has 1 aliphatic heterocycles. The average molecular weight is 540 g/mol. The van der Waals surface area contributed by atoms with Crippen LogP contribution in [0.25, 0.3) is 21.8 Å². The summed E-state index contributed by atoms with van der Waals surface area (Å²) in [7, 11) is 0. The quantitative estimate of drug-likeness (QED) is 0.354. The van der Waals surface area contributed by atoms with Gasteiger partial charge in [-0.15, -0.1) is 0 Å². The molecule has 0 atom stereocenters. The lowest BCUT2D eigenvalue weighted by Gasteiger charge is -2.36. The normalized spacial score (nSPS) is 22.5. The summed E-state index contributed by atoms with van der Waals surface area (Å²) in [5.41, 5.74) is 3.09. The number of anilines is 2. The van der Waals surface area contributed by atoms with Crippen LogP contribution in [0.4, 0.5) is 11.6 Å². The van der Waals surface area contributed by atoms with E-state index in [-0.39, 0.29) is 17.7 Å². The first-order valence-electron chi connectivity index (χ1n) is 14.8. The minimum absolute atomic E-state index is 0.0153. The van der Waals surface area contributed by atoms with Crippen molar-refractivity contribution in [1.82, 2.24) is 24.4 Å². The van der Waals surface area contributed by atoms with E-state index in [9.17, 15) is 9.90 Å². The van der Waals surface area contributed by atoms with Gasteiger partial charge in [0.1, 0.15) is 5.65 Å². The molecule has 3 aliphatic rings. The molecule has 2 N–H and O–H groups in total. The first-order valence-corrected chi connectivity index (χ1v) is 14.8. The van der Waals surface area contributed by atoms with E-state index in [4.69, 9.17) is 4.98 Å². The molecular weight excluding hydrogens is 502 g/mol. The molecule has 0 unspecified atom stereocenters. The number of hydrogen-bond acceptors (Lipinski definition) is 8. The Labute approximate surface area is 233 Å². The van der Waals surface area contributed by atoms with Crippen molar-refractivity contribution in [3.05, 3.63) is 64.8 Å². The molecule has 7 rings (SSSR count). The second-order valence-electron chi connectivity index (χ2n) is 11.7. The number of aliphatic hydroxyl groups excluding tert-OH is 1. The predicted octanol–water partition coefficient (Wildman–Crippen LogP) is 4.10. The Morgan fingerprint density at radius 3 is 2.40 bits per heavy atom. The number of fused-ring (bicyclic) bond motifs is 3. The summed E-state index contributed by atoms with van der Waals surface area (Å²) in [5.74, 6) is 0.600. The summed E-state index contributed by atoms with van der Waals surface area (Å²) in [4.78, 5) is 32.7. The molecule has 4 aromatic rings. The lowest BCUT2D eigenvalue weighted by Crippen LogP contribution is -2.45. The van der Waals surface area contributed by atoms with E-state index in [0.717, 1.165) is 80.1 Å². The molecule has 0 bridgehead atoms. The van der Waals surface area contributed by atoms with Gasteiger partial charge in [-0.25, -0.2) is 4.98 Å². The van der Waals surface area contributed by atoms with Crippen molar-refractivity contribution in [2.75, 3.05) is 36.4 Å². The number of pyridine rings is 2. The number of piperazine rings is 1. The highest BCUT2D eigenvalue weighted by Gasteiger charge is 2.26. The molecular formula is C31H37N7O2. The van der Waals surface area contributed by atoms with Crippen LogP contribution in [0.2, 0.25) is 0 Å². The predicted molar refractivity (Wildman–Crippen MR) is 158 cm³/mol. The Kier molecular flexibility index (Phi) is 6.85. The van der Waals surface area contributed by atoms with Crippen molar-refractivity contribution in [3.8, 4) is 0 Å². The van der Waals surface area contributed by atoms with Crippen molar-refractivity contribution in [1.29, 1.82) is 0 Å². The van der Waals surface area contributed by atoms with E-state index in [1.807, 2.05) is 23.2 Å². The molecule has 208 valence electrons. The zero-order chi connectivity index (χ0) is 27.1. The first-order chi connectivity index (χ1) is 19.6. The zero-order valence-corrected chi connectivity index (χ0v) is 22.9. The monoisotopic (exact) mass is 539 g/mol. The SMILES string of the molecule is O=c1c2cc(CN3CCN(c4ccncc4)CC3)ccc2c2cnc(NC3CCC3)nc2n1[C@H]1CC[C@H](O)CC1. The number of nitrogens with one attached hydrogen (secondary N) is 1. The highest BCUT2D eigenvalue weighted by atomic mass is 16.3. The fourth-order valence-corrected chi connectivity index (χ4v) is 6.51. The van der Waals surface area contributed by atoms with Gasteiger partial charge in [0.15, 0.2) is 0 Å². The number of hydrogen-bond donors (Lipinski definition) is 2. The van der Waals surface area contributed by atoms with E-state index >= 15 is 0 Å². The Balaban J connectivity index is 1.20. The lowest BCUT2D eigenvalue weighted by atomic mass is 9.92. The van der Waals surface area contributed by atoms with Crippen molar-refractivity contribution in [3.63, 3.8) is 0 Å². The minimum Gasteiger partial charge on any atom is -0.393 e. The summed E-state index contributed by atoms with van der Waals surface area (Å²) in [6, 6.07) is 10.9. The molecule has 0 spiro atoms. The van der Waals surface area contributed by atoms with Gasteiger partial charge in [-0.2, -0.15) is 4.98 Å². The third-order valence-electron chi connectivity index (χ3n) is 9.10. The van der Waals surface area contributed by atoms with Crippen LogP contribution < -0.4 is 15.8 Å². The van der Waals surface area contributed by atoms with Crippen molar-refractivity contribution < 1.29 is 5.11 Å². The molecule has 2 aliphatic carbocycles. The Morgan fingerprint density at radius 1 is 0.900 bits per heavy atom. The summed E-state index contributed by atoms with van der Waals surface area (Å²) in [5, 5.41) is 16.2. The van der Waals surface area contributed by atoms with Gasteiger partial charge in [0.25, 0.3) is 5.56 Å². The van der Waals surface area contributed by atoms with E-state index in [1.54, 1.807) is 0 Å². The second kappa shape index (κ2) is 10.8. The Hall–Kier alpha value is -3.56. The van der Waals surface area contributed by atoms with E-state index in [0.29, 0.717) is 30.5 Å². The average Bonchev–Trinajstić information content (AvgIpc) is 2.97. The maximum absolute atomic E-state index is 14.2. The molecule has 0 radical (unpaired) electrons. The van der Waals surface area contributed by atoms with Crippen LogP contribution >= 0.6 is 0 Å². The minimum atomic E-state index is -0.283. The van der Waals surface area contributed by atoms with Crippen LogP contribution in [0.5, 0.6) is 0 Å². The molecule has 4 heterocycles. The van der Waals surface area contributed by atoms with Crippen molar-refractivity contribution >= 4 is 33.4 Å². The smallest absolute Gasteiger partial charge is 0.260 e. The topological polar surface area (TPSA) is 99.4 Å². The number of aliphatic hydroxyl groups is 1. The van der Waals surface area contributed by atoms with E-state index < -0.39 is 0 Å². The number of nitrogens with zero attached hydrogens (tertiary/aromatic N) is 6. The van der Waals surface area contributed by atoms with E-state index in [1.165, 1.54) is 12.1 Å².